The molecular formula is C24H32N2O4S. The van der Waals surface area contributed by atoms with Gasteiger partial charge in [-0.15, -0.1) is 0 Å². The first-order valence-corrected chi connectivity index (χ1v) is 12.5. The van der Waals surface area contributed by atoms with Crippen molar-refractivity contribution in [3.05, 3.63) is 59.7 Å². The van der Waals surface area contributed by atoms with Crippen LogP contribution in [-0.2, 0) is 25.3 Å². The van der Waals surface area contributed by atoms with Gasteiger partial charge in [0.15, 0.2) is 5.78 Å². The summed E-state index contributed by atoms with van der Waals surface area (Å²) in [5.41, 5.74) is 1.49. The number of nitrogens with one attached hydrogen (secondary N) is 1. The van der Waals surface area contributed by atoms with Crippen molar-refractivity contribution in [1.82, 2.24) is 9.62 Å². The summed E-state index contributed by atoms with van der Waals surface area (Å²) in [6, 6.07) is 8.40. The number of piperidine rings is 1. The second-order valence-electron chi connectivity index (χ2n) is 8.15. The number of hydrogen-bond donors (Lipinski definition) is 1. The van der Waals surface area contributed by atoms with Gasteiger partial charge >= 0.3 is 5.97 Å². The Bertz CT molecular complexity index is 852. The average molecular weight is 445 g/mol. The van der Waals surface area contributed by atoms with Crippen molar-refractivity contribution in [2.45, 2.75) is 44.8 Å². The van der Waals surface area contributed by atoms with Crippen LogP contribution < -0.4 is 4.72 Å². The Kier molecular flexibility index (Phi) is 8.75. The van der Waals surface area contributed by atoms with Crippen LogP contribution in [-0.4, -0.2) is 52.9 Å². The number of benzene rings is 1. The summed E-state index contributed by atoms with van der Waals surface area (Å²) in [5.74, 6) is -0.0789. The van der Waals surface area contributed by atoms with Gasteiger partial charge in [0.1, 0.15) is 12.1 Å². The Balaban J connectivity index is 1.67. The molecule has 2 aliphatic rings. The molecule has 0 saturated carbocycles. The molecule has 1 aliphatic carbocycles. The Morgan fingerprint density at radius 2 is 2.03 bits per heavy atom. The molecule has 6 nitrogen and oxygen atoms in total. The van der Waals surface area contributed by atoms with E-state index in [-0.39, 0.29) is 17.8 Å². The van der Waals surface area contributed by atoms with Crippen molar-refractivity contribution >= 4 is 22.7 Å². The second kappa shape index (κ2) is 11.5. The zero-order valence-electron chi connectivity index (χ0n) is 18.3. The fraction of sp³-hybridized carbons (Fsp3) is 0.500. The molecule has 4 atom stereocenters. The number of Topliss-reactive ketones (excluding diaryl/α,β-unsaturated/α-hetero) is 1. The maximum absolute atomic E-state index is 13.1. The number of nitrogens with zero attached hydrogens (tertiary/aromatic N) is 1. The molecule has 168 valence electrons. The summed E-state index contributed by atoms with van der Waals surface area (Å²) >= 11 is 0. The zero-order chi connectivity index (χ0) is 22.2. The maximum Gasteiger partial charge on any atom is 0.329 e. The molecule has 1 fully saturated rings. The lowest BCUT2D eigenvalue weighted by Crippen LogP contribution is -2.48. The summed E-state index contributed by atoms with van der Waals surface area (Å²) in [6.07, 6.45) is 10.8. The van der Waals surface area contributed by atoms with E-state index in [9.17, 15) is 13.8 Å². The molecule has 3 rings (SSSR count). The van der Waals surface area contributed by atoms with Gasteiger partial charge in [-0.3, -0.25) is 9.69 Å². The van der Waals surface area contributed by atoms with Crippen LogP contribution in [0.2, 0.25) is 0 Å². The molecule has 0 spiro atoms. The lowest BCUT2D eigenvalue weighted by molar-refractivity contribution is -0.157. The van der Waals surface area contributed by atoms with Gasteiger partial charge in [-0.2, -0.15) is 0 Å². The zero-order valence-corrected chi connectivity index (χ0v) is 19.1. The fourth-order valence-corrected chi connectivity index (χ4v) is 4.73. The van der Waals surface area contributed by atoms with E-state index in [1.807, 2.05) is 48.6 Å². The molecule has 1 aromatic carbocycles. The molecule has 1 saturated heterocycles. The third-order valence-corrected chi connectivity index (χ3v) is 6.48. The fourth-order valence-electron chi connectivity index (χ4n) is 4.17. The summed E-state index contributed by atoms with van der Waals surface area (Å²) in [5, 5.41) is 0. The van der Waals surface area contributed by atoms with E-state index < -0.39 is 23.0 Å². The third kappa shape index (κ3) is 6.69. The first-order chi connectivity index (χ1) is 15.0. The van der Waals surface area contributed by atoms with Gasteiger partial charge in [-0.25, -0.2) is 13.7 Å². The number of carbonyl (C=O) groups excluding carboxylic acids is 2. The Hall–Kier alpha value is -2.09. The van der Waals surface area contributed by atoms with Crippen LogP contribution in [0.3, 0.4) is 0 Å². The first-order valence-electron chi connectivity index (χ1n) is 10.9. The predicted octanol–water partition coefficient (Wildman–Crippen LogP) is 3.10. The van der Waals surface area contributed by atoms with Crippen LogP contribution >= 0.6 is 0 Å². The minimum absolute atomic E-state index is 0.112. The van der Waals surface area contributed by atoms with Crippen molar-refractivity contribution in [2.24, 2.45) is 5.92 Å². The highest BCUT2D eigenvalue weighted by Gasteiger charge is 2.34. The monoisotopic (exact) mass is 444 g/mol. The number of rotatable bonds is 9. The summed E-state index contributed by atoms with van der Waals surface area (Å²) in [7, 11) is -1.37. The van der Waals surface area contributed by atoms with Crippen molar-refractivity contribution in [2.75, 3.05) is 25.9 Å². The van der Waals surface area contributed by atoms with Crippen LogP contribution in [0.4, 0.5) is 0 Å². The first kappa shape index (κ1) is 23.6. The van der Waals surface area contributed by atoms with Crippen molar-refractivity contribution < 1.29 is 18.5 Å². The van der Waals surface area contributed by atoms with Gasteiger partial charge in [0.2, 0.25) is 0 Å². The normalized spacial score (nSPS) is 23.6. The molecular weight excluding hydrogens is 412 g/mol. The highest BCUT2D eigenvalue weighted by Crippen LogP contribution is 2.26. The molecule has 0 aromatic heterocycles. The van der Waals surface area contributed by atoms with Crippen LogP contribution in [0.15, 0.2) is 54.1 Å². The Labute approximate surface area is 187 Å². The van der Waals surface area contributed by atoms with E-state index in [4.69, 9.17) is 4.74 Å². The van der Waals surface area contributed by atoms with E-state index >= 15 is 0 Å². The van der Waals surface area contributed by atoms with E-state index in [2.05, 4.69) is 16.5 Å². The van der Waals surface area contributed by atoms with Crippen molar-refractivity contribution in [1.29, 1.82) is 0 Å². The van der Waals surface area contributed by atoms with E-state index in [1.165, 1.54) is 6.26 Å². The topological polar surface area (TPSA) is 75.7 Å². The quantitative estimate of drug-likeness (QED) is 0.593. The van der Waals surface area contributed by atoms with Gasteiger partial charge in [0.25, 0.3) is 0 Å². The number of esters is 1. The third-order valence-electron chi connectivity index (χ3n) is 5.91. The highest BCUT2D eigenvalue weighted by atomic mass is 32.2. The van der Waals surface area contributed by atoms with E-state index in [0.717, 1.165) is 43.4 Å². The minimum Gasteiger partial charge on any atom is -0.459 e. The van der Waals surface area contributed by atoms with Crippen LogP contribution in [0, 0.1) is 5.92 Å². The molecule has 1 aromatic rings. The predicted molar refractivity (Wildman–Crippen MR) is 123 cm³/mol. The molecule has 0 radical (unpaired) electrons. The SMILES string of the molecule is CCC1CCN(CC(=O)C2=CCCC=C2)C[C@@H]1OC(=O)C(NS(C)=O)c1ccccc1. The lowest BCUT2D eigenvalue weighted by Gasteiger charge is -2.38. The molecule has 7 heteroatoms. The van der Waals surface area contributed by atoms with Gasteiger partial charge in [-0.05, 0) is 43.7 Å². The Morgan fingerprint density at radius 1 is 1.26 bits per heavy atom. The lowest BCUT2D eigenvalue weighted by atomic mass is 9.90. The molecule has 3 unspecified atom stereocenters. The largest absolute Gasteiger partial charge is 0.459 e. The molecule has 0 amide bonds. The van der Waals surface area contributed by atoms with Gasteiger partial charge in [0.05, 0.1) is 17.5 Å². The number of ketones is 1. The number of carbonyl (C=O) groups is 2. The van der Waals surface area contributed by atoms with Gasteiger partial charge in [0, 0.05) is 18.4 Å². The van der Waals surface area contributed by atoms with Crippen molar-refractivity contribution in [3.8, 4) is 0 Å². The molecule has 1 heterocycles. The number of allylic oxidation sites excluding steroid dienone is 3. The summed E-state index contributed by atoms with van der Waals surface area (Å²) < 4.78 is 20.6. The van der Waals surface area contributed by atoms with E-state index in [0.29, 0.717) is 13.1 Å². The molecule has 1 aliphatic heterocycles. The van der Waals surface area contributed by atoms with Crippen LogP contribution in [0.25, 0.3) is 0 Å². The number of hydrogen-bond acceptors (Lipinski definition) is 5. The van der Waals surface area contributed by atoms with Gasteiger partial charge in [-0.1, -0.05) is 55.5 Å². The second-order valence-corrected chi connectivity index (χ2v) is 9.29. The smallest absolute Gasteiger partial charge is 0.329 e. The number of likely N-dealkylation sites (tertiary alicyclic amines) is 1. The molecule has 0 bridgehead atoms. The standard InChI is InChI=1S/C24H32N2O4S/c1-3-18-14-15-26(16-21(27)19-10-6-4-7-11-19)17-22(18)30-24(28)23(25-31(2)29)20-12-8-5-9-13-20/h5-6,8-13,18,22-23,25H,3-4,7,14-17H2,1-2H3/t18?,22-,23?,31?/m0/s1. The Morgan fingerprint density at radius 3 is 2.68 bits per heavy atom. The summed E-state index contributed by atoms with van der Waals surface area (Å²) in [4.78, 5) is 27.8. The minimum atomic E-state index is -1.37. The maximum atomic E-state index is 13.1. The number of ether oxygens (including phenoxy) is 1. The highest BCUT2D eigenvalue weighted by molar-refractivity contribution is 7.82. The van der Waals surface area contributed by atoms with Gasteiger partial charge < -0.3 is 4.74 Å². The van der Waals surface area contributed by atoms with Crippen molar-refractivity contribution in [3.63, 3.8) is 0 Å². The van der Waals surface area contributed by atoms with E-state index in [1.54, 1.807) is 0 Å². The average Bonchev–Trinajstić information content (AvgIpc) is 2.78. The molecule has 1 N–H and O–H groups in total. The molecule has 31 heavy (non-hydrogen) atoms. The van der Waals surface area contributed by atoms with Crippen LogP contribution in [0.5, 0.6) is 0 Å². The van der Waals surface area contributed by atoms with Crippen LogP contribution in [0.1, 0.15) is 44.2 Å². The summed E-state index contributed by atoms with van der Waals surface area (Å²) in [6.45, 7) is 3.77.